The van der Waals surface area contributed by atoms with Crippen molar-refractivity contribution in [3.05, 3.63) is 60.2 Å². The number of anilines is 1. The fraction of sp³-hybridized carbons (Fsp3) is 0.391. The molecule has 1 unspecified atom stereocenters. The zero-order valence-corrected chi connectivity index (χ0v) is 17.0. The number of fused-ring (bicyclic) bond motifs is 2. The molecule has 0 radical (unpaired) electrons. The molecule has 2 aromatic heterocycles. The van der Waals surface area contributed by atoms with Crippen molar-refractivity contribution in [1.29, 1.82) is 0 Å². The van der Waals surface area contributed by atoms with Crippen LogP contribution in [0, 0.1) is 0 Å². The summed E-state index contributed by atoms with van der Waals surface area (Å²) in [6, 6.07) is 12.2. The number of benzene rings is 1. The molecule has 2 bridgehead atoms. The minimum atomic E-state index is -0.00259. The van der Waals surface area contributed by atoms with Gasteiger partial charge in [0.25, 0.3) is 0 Å². The van der Waals surface area contributed by atoms with Gasteiger partial charge in [-0.2, -0.15) is 4.98 Å². The van der Waals surface area contributed by atoms with Gasteiger partial charge in [-0.25, -0.2) is 4.79 Å². The standard InChI is InChI=1S/C23H25N5O2/c1-2-15-4-3-5-18(12-15)25-23(29)28-19-6-7-20(28)14-17(13-19)22-26-21(27-30-22)16-8-10-24-11-9-16/h3-5,8-12,17,19-20H,2,6-7,13-14H2,1H3,(H,25,29)/t17?,19-,20+. The predicted molar refractivity (Wildman–Crippen MR) is 113 cm³/mol. The second kappa shape index (κ2) is 7.89. The van der Waals surface area contributed by atoms with Crippen LogP contribution < -0.4 is 5.32 Å². The zero-order valence-electron chi connectivity index (χ0n) is 17.0. The number of nitrogens with zero attached hydrogens (tertiary/aromatic N) is 4. The van der Waals surface area contributed by atoms with Gasteiger partial charge in [-0.1, -0.05) is 24.2 Å². The third kappa shape index (κ3) is 3.56. The van der Waals surface area contributed by atoms with Gasteiger partial charge < -0.3 is 14.7 Å². The van der Waals surface area contributed by atoms with E-state index in [-0.39, 0.29) is 24.0 Å². The highest BCUT2D eigenvalue weighted by Gasteiger charge is 2.45. The number of pyridine rings is 1. The van der Waals surface area contributed by atoms with Gasteiger partial charge in [-0.3, -0.25) is 4.98 Å². The third-order valence-electron chi connectivity index (χ3n) is 6.28. The Bertz CT molecular complexity index is 1020. The molecule has 30 heavy (non-hydrogen) atoms. The van der Waals surface area contributed by atoms with Gasteiger partial charge in [-0.05, 0) is 61.9 Å². The summed E-state index contributed by atoms with van der Waals surface area (Å²) in [4.78, 5) is 23.7. The summed E-state index contributed by atoms with van der Waals surface area (Å²) in [7, 11) is 0. The maximum atomic E-state index is 13.0. The normalized spacial score (nSPS) is 22.8. The van der Waals surface area contributed by atoms with E-state index in [1.165, 1.54) is 5.56 Å². The van der Waals surface area contributed by atoms with Crippen molar-refractivity contribution < 1.29 is 9.32 Å². The molecule has 2 aliphatic heterocycles. The van der Waals surface area contributed by atoms with Gasteiger partial charge in [0.1, 0.15) is 0 Å². The SMILES string of the molecule is CCc1cccc(NC(=O)N2[C@@H]3CC[C@H]2CC(c2nc(-c4ccncc4)no2)C3)c1. The van der Waals surface area contributed by atoms with E-state index in [0.29, 0.717) is 11.7 Å². The third-order valence-corrected chi connectivity index (χ3v) is 6.28. The Morgan fingerprint density at radius 3 is 2.67 bits per heavy atom. The van der Waals surface area contributed by atoms with E-state index >= 15 is 0 Å². The lowest BCUT2D eigenvalue weighted by molar-refractivity contribution is 0.140. The Kier molecular flexibility index (Phi) is 4.94. The summed E-state index contributed by atoms with van der Waals surface area (Å²) >= 11 is 0. The molecule has 2 amide bonds. The van der Waals surface area contributed by atoms with Gasteiger partial charge in [0.15, 0.2) is 0 Å². The van der Waals surface area contributed by atoms with Crippen molar-refractivity contribution >= 4 is 11.7 Å². The molecule has 0 spiro atoms. The highest BCUT2D eigenvalue weighted by molar-refractivity contribution is 5.90. The van der Waals surface area contributed by atoms with Crippen LogP contribution >= 0.6 is 0 Å². The molecule has 7 heteroatoms. The molecule has 2 saturated heterocycles. The van der Waals surface area contributed by atoms with Crippen LogP contribution in [0.25, 0.3) is 11.4 Å². The monoisotopic (exact) mass is 403 g/mol. The minimum Gasteiger partial charge on any atom is -0.339 e. The first-order valence-electron chi connectivity index (χ1n) is 10.6. The number of nitrogens with one attached hydrogen (secondary N) is 1. The Morgan fingerprint density at radius 2 is 1.93 bits per heavy atom. The average molecular weight is 403 g/mol. The first-order chi connectivity index (χ1) is 14.7. The number of urea groups is 1. The van der Waals surface area contributed by atoms with Crippen LogP contribution in [0.15, 0.2) is 53.3 Å². The van der Waals surface area contributed by atoms with Crippen molar-refractivity contribution in [2.24, 2.45) is 0 Å². The lowest BCUT2D eigenvalue weighted by atomic mass is 9.91. The number of rotatable bonds is 4. The number of hydrogen-bond acceptors (Lipinski definition) is 5. The molecule has 3 aromatic rings. The highest BCUT2D eigenvalue weighted by Crippen LogP contribution is 2.43. The van der Waals surface area contributed by atoms with Crippen molar-refractivity contribution in [3.8, 4) is 11.4 Å². The summed E-state index contributed by atoms with van der Waals surface area (Å²) in [6.07, 6.45) is 8.15. The molecular weight excluding hydrogens is 378 g/mol. The van der Waals surface area contributed by atoms with Gasteiger partial charge in [0.05, 0.1) is 0 Å². The van der Waals surface area contributed by atoms with E-state index in [9.17, 15) is 4.79 Å². The second-order valence-corrected chi connectivity index (χ2v) is 8.14. The van der Waals surface area contributed by atoms with Gasteiger partial charge >= 0.3 is 6.03 Å². The van der Waals surface area contributed by atoms with Crippen molar-refractivity contribution in [2.75, 3.05) is 5.32 Å². The smallest absolute Gasteiger partial charge is 0.322 e. The number of piperidine rings is 1. The predicted octanol–water partition coefficient (Wildman–Crippen LogP) is 4.64. The summed E-state index contributed by atoms with van der Waals surface area (Å²) < 4.78 is 5.60. The molecule has 1 aromatic carbocycles. The molecule has 0 aliphatic carbocycles. The molecule has 1 N–H and O–H groups in total. The lowest BCUT2D eigenvalue weighted by Gasteiger charge is -2.37. The fourth-order valence-electron chi connectivity index (χ4n) is 4.79. The number of carbonyl (C=O) groups excluding carboxylic acids is 1. The fourth-order valence-corrected chi connectivity index (χ4v) is 4.79. The second-order valence-electron chi connectivity index (χ2n) is 8.14. The van der Waals surface area contributed by atoms with Crippen LogP contribution in [0.3, 0.4) is 0 Å². The molecule has 2 aliphatic rings. The van der Waals surface area contributed by atoms with Crippen LogP contribution in [-0.4, -0.2) is 38.1 Å². The molecule has 3 atom stereocenters. The van der Waals surface area contributed by atoms with Crippen molar-refractivity contribution in [1.82, 2.24) is 20.0 Å². The zero-order chi connectivity index (χ0) is 20.5. The Balaban J connectivity index is 1.28. The number of amides is 2. The number of aryl methyl sites for hydroxylation is 1. The summed E-state index contributed by atoms with van der Waals surface area (Å²) in [5, 5.41) is 7.25. The quantitative estimate of drug-likeness (QED) is 0.686. The van der Waals surface area contributed by atoms with E-state index in [1.807, 2.05) is 35.2 Å². The number of aromatic nitrogens is 3. The Labute approximate surface area is 175 Å². The molecule has 7 nitrogen and oxygen atoms in total. The summed E-state index contributed by atoms with van der Waals surface area (Å²) in [5.74, 6) is 1.46. The van der Waals surface area contributed by atoms with Crippen molar-refractivity contribution in [3.63, 3.8) is 0 Å². The van der Waals surface area contributed by atoms with Gasteiger partial charge in [0, 0.05) is 41.6 Å². The Hall–Kier alpha value is -3.22. The lowest BCUT2D eigenvalue weighted by Crippen LogP contribution is -2.48. The minimum absolute atomic E-state index is 0.00259. The molecule has 2 fully saturated rings. The van der Waals surface area contributed by atoms with Crippen LogP contribution in [-0.2, 0) is 6.42 Å². The number of carbonyl (C=O) groups is 1. The van der Waals surface area contributed by atoms with E-state index in [4.69, 9.17) is 4.52 Å². The molecule has 4 heterocycles. The van der Waals surface area contributed by atoms with E-state index < -0.39 is 0 Å². The first-order valence-corrected chi connectivity index (χ1v) is 10.6. The molecule has 154 valence electrons. The maximum Gasteiger partial charge on any atom is 0.322 e. The summed E-state index contributed by atoms with van der Waals surface area (Å²) in [5.41, 5.74) is 2.98. The van der Waals surface area contributed by atoms with E-state index in [0.717, 1.165) is 43.4 Å². The van der Waals surface area contributed by atoms with Crippen LogP contribution in [0.4, 0.5) is 10.5 Å². The maximum absolute atomic E-state index is 13.0. The number of hydrogen-bond donors (Lipinski definition) is 1. The van der Waals surface area contributed by atoms with E-state index in [1.54, 1.807) is 12.4 Å². The van der Waals surface area contributed by atoms with Crippen molar-refractivity contribution in [2.45, 2.75) is 57.0 Å². The van der Waals surface area contributed by atoms with Gasteiger partial charge in [0.2, 0.25) is 11.7 Å². The summed E-state index contributed by atoms with van der Waals surface area (Å²) in [6.45, 7) is 2.11. The van der Waals surface area contributed by atoms with Crippen LogP contribution in [0.1, 0.15) is 50.0 Å². The van der Waals surface area contributed by atoms with E-state index in [2.05, 4.69) is 33.4 Å². The highest BCUT2D eigenvalue weighted by atomic mass is 16.5. The Morgan fingerprint density at radius 1 is 1.17 bits per heavy atom. The first kappa shape index (κ1) is 18.8. The van der Waals surface area contributed by atoms with Crippen LogP contribution in [0.5, 0.6) is 0 Å². The van der Waals surface area contributed by atoms with Crippen LogP contribution in [0.2, 0.25) is 0 Å². The van der Waals surface area contributed by atoms with Gasteiger partial charge in [-0.15, -0.1) is 0 Å². The average Bonchev–Trinajstić information content (AvgIpc) is 3.37. The molecular formula is C23H25N5O2. The molecule has 0 saturated carbocycles. The molecule has 5 rings (SSSR count). The topological polar surface area (TPSA) is 84.2 Å². The largest absolute Gasteiger partial charge is 0.339 e.